The van der Waals surface area contributed by atoms with Crippen molar-refractivity contribution in [3.63, 3.8) is 0 Å². The highest BCUT2D eigenvalue weighted by molar-refractivity contribution is 5.28. The van der Waals surface area contributed by atoms with E-state index in [4.69, 9.17) is 10.8 Å². The average molecular weight is 182 g/mol. The number of allylic oxidation sites excluding steroid dienone is 2. The Hall–Kier alpha value is -0.960. The van der Waals surface area contributed by atoms with Crippen molar-refractivity contribution < 1.29 is 5.11 Å². The zero-order valence-corrected chi connectivity index (χ0v) is 8.09. The number of nitrogens with one attached hydrogen (secondary N) is 1. The molecule has 0 aromatic rings. The quantitative estimate of drug-likeness (QED) is 0.603. The monoisotopic (exact) mass is 182 g/mol. The highest BCUT2D eigenvalue weighted by Gasteiger charge is 2.07. The molecule has 0 saturated heterocycles. The highest BCUT2D eigenvalue weighted by Crippen LogP contribution is 2.17. The third-order valence-corrected chi connectivity index (χ3v) is 2.20. The molecule has 1 unspecified atom stereocenters. The molecule has 0 heterocycles. The standard InChI is InChI=1S/C10H18N2O/c1-8-2-4-9(11)10(5-3-8)12-6-7-13/h4-5,8,12-13H,2-3,6-7,11H2,1H3. The second-order valence-corrected chi connectivity index (χ2v) is 3.50. The Morgan fingerprint density at radius 1 is 1.54 bits per heavy atom. The van der Waals surface area contributed by atoms with E-state index in [0.717, 1.165) is 24.2 Å². The average Bonchev–Trinajstić information content (AvgIpc) is 2.28. The normalized spacial score (nSPS) is 23.1. The van der Waals surface area contributed by atoms with Gasteiger partial charge in [-0.15, -0.1) is 0 Å². The topological polar surface area (TPSA) is 58.3 Å². The van der Waals surface area contributed by atoms with Gasteiger partial charge in [0.1, 0.15) is 0 Å². The Bertz CT molecular complexity index is 221. The van der Waals surface area contributed by atoms with Crippen LogP contribution in [-0.4, -0.2) is 18.3 Å². The lowest BCUT2D eigenvalue weighted by Crippen LogP contribution is -2.21. The van der Waals surface area contributed by atoms with Crippen LogP contribution in [0.3, 0.4) is 0 Å². The minimum atomic E-state index is 0.139. The predicted molar refractivity (Wildman–Crippen MR) is 53.8 cm³/mol. The van der Waals surface area contributed by atoms with Gasteiger partial charge in [-0.2, -0.15) is 0 Å². The summed E-state index contributed by atoms with van der Waals surface area (Å²) in [5.41, 5.74) is 7.60. The van der Waals surface area contributed by atoms with Gasteiger partial charge in [0.2, 0.25) is 0 Å². The molecule has 0 amide bonds. The minimum Gasteiger partial charge on any atom is -0.397 e. The summed E-state index contributed by atoms with van der Waals surface area (Å²) in [7, 11) is 0. The third-order valence-electron chi connectivity index (χ3n) is 2.20. The van der Waals surface area contributed by atoms with Crippen LogP contribution in [0.25, 0.3) is 0 Å². The molecule has 0 aromatic heterocycles. The van der Waals surface area contributed by atoms with Gasteiger partial charge in [-0.05, 0) is 18.8 Å². The van der Waals surface area contributed by atoms with Crippen LogP contribution in [0.5, 0.6) is 0 Å². The van der Waals surface area contributed by atoms with Crippen molar-refractivity contribution in [3.05, 3.63) is 23.5 Å². The summed E-state index contributed by atoms with van der Waals surface area (Å²) >= 11 is 0. The molecule has 4 N–H and O–H groups in total. The van der Waals surface area contributed by atoms with Crippen molar-refractivity contribution in [3.8, 4) is 0 Å². The Kier molecular flexibility index (Phi) is 3.83. The minimum absolute atomic E-state index is 0.139. The Morgan fingerprint density at radius 3 is 2.92 bits per heavy atom. The van der Waals surface area contributed by atoms with Gasteiger partial charge in [-0.3, -0.25) is 0 Å². The molecule has 0 radical (unpaired) electrons. The summed E-state index contributed by atoms with van der Waals surface area (Å²) in [6, 6.07) is 0. The van der Waals surface area contributed by atoms with E-state index in [1.54, 1.807) is 0 Å². The van der Waals surface area contributed by atoms with E-state index in [2.05, 4.69) is 18.3 Å². The van der Waals surface area contributed by atoms with Crippen LogP contribution in [0.1, 0.15) is 19.8 Å². The van der Waals surface area contributed by atoms with Gasteiger partial charge < -0.3 is 16.2 Å². The second-order valence-electron chi connectivity index (χ2n) is 3.50. The van der Waals surface area contributed by atoms with Crippen molar-refractivity contribution in [2.24, 2.45) is 11.7 Å². The molecule has 0 aromatic carbocycles. The summed E-state index contributed by atoms with van der Waals surface area (Å²) in [4.78, 5) is 0. The fourth-order valence-electron chi connectivity index (χ4n) is 1.34. The summed E-state index contributed by atoms with van der Waals surface area (Å²) in [6.07, 6.45) is 6.24. The van der Waals surface area contributed by atoms with Crippen molar-refractivity contribution >= 4 is 0 Å². The Morgan fingerprint density at radius 2 is 2.23 bits per heavy atom. The van der Waals surface area contributed by atoms with Crippen LogP contribution in [0.4, 0.5) is 0 Å². The lowest BCUT2D eigenvalue weighted by Gasteiger charge is -2.08. The largest absolute Gasteiger partial charge is 0.397 e. The lowest BCUT2D eigenvalue weighted by atomic mass is 10.1. The maximum atomic E-state index is 8.66. The molecular formula is C10H18N2O. The number of hydrogen-bond donors (Lipinski definition) is 3. The first-order valence-electron chi connectivity index (χ1n) is 4.75. The molecule has 74 valence electrons. The van der Waals surface area contributed by atoms with E-state index in [1.165, 1.54) is 0 Å². The van der Waals surface area contributed by atoms with Crippen molar-refractivity contribution in [1.82, 2.24) is 5.32 Å². The molecule has 1 aliphatic carbocycles. The molecular weight excluding hydrogens is 164 g/mol. The number of rotatable bonds is 3. The maximum Gasteiger partial charge on any atom is 0.0604 e. The molecule has 1 atom stereocenters. The molecule has 3 heteroatoms. The first kappa shape index (κ1) is 10.1. The van der Waals surface area contributed by atoms with Gasteiger partial charge in [0, 0.05) is 6.54 Å². The SMILES string of the molecule is CC1CC=C(N)C(NCCO)=CC1. The van der Waals surface area contributed by atoms with E-state index in [-0.39, 0.29) is 6.61 Å². The summed E-state index contributed by atoms with van der Waals surface area (Å²) in [6.45, 7) is 2.91. The number of hydrogen-bond acceptors (Lipinski definition) is 3. The van der Waals surface area contributed by atoms with Gasteiger partial charge in [0.05, 0.1) is 18.0 Å². The number of nitrogens with two attached hydrogens (primary N) is 1. The van der Waals surface area contributed by atoms with Crippen LogP contribution in [0, 0.1) is 5.92 Å². The summed E-state index contributed by atoms with van der Waals surface area (Å²) < 4.78 is 0. The summed E-state index contributed by atoms with van der Waals surface area (Å²) in [5, 5.41) is 11.8. The van der Waals surface area contributed by atoms with Gasteiger partial charge in [0.25, 0.3) is 0 Å². The number of aliphatic hydroxyl groups excluding tert-OH is 1. The molecule has 0 fully saturated rings. The smallest absolute Gasteiger partial charge is 0.0604 e. The van der Waals surface area contributed by atoms with Crippen molar-refractivity contribution in [1.29, 1.82) is 0 Å². The first-order chi connectivity index (χ1) is 6.24. The molecule has 13 heavy (non-hydrogen) atoms. The third kappa shape index (κ3) is 3.11. The van der Waals surface area contributed by atoms with Crippen LogP contribution in [0.2, 0.25) is 0 Å². The van der Waals surface area contributed by atoms with E-state index in [0.29, 0.717) is 12.5 Å². The van der Waals surface area contributed by atoms with Crippen LogP contribution >= 0.6 is 0 Å². The Labute approximate surface area is 79.3 Å². The van der Waals surface area contributed by atoms with E-state index < -0.39 is 0 Å². The van der Waals surface area contributed by atoms with Crippen LogP contribution in [-0.2, 0) is 0 Å². The first-order valence-corrected chi connectivity index (χ1v) is 4.75. The molecule has 0 spiro atoms. The molecule has 0 aliphatic heterocycles. The van der Waals surface area contributed by atoms with Crippen molar-refractivity contribution in [2.45, 2.75) is 19.8 Å². The molecule has 0 saturated carbocycles. The molecule has 0 bridgehead atoms. The van der Waals surface area contributed by atoms with Crippen molar-refractivity contribution in [2.75, 3.05) is 13.2 Å². The van der Waals surface area contributed by atoms with Crippen LogP contribution < -0.4 is 11.1 Å². The maximum absolute atomic E-state index is 8.66. The second kappa shape index (κ2) is 4.92. The van der Waals surface area contributed by atoms with E-state index >= 15 is 0 Å². The van der Waals surface area contributed by atoms with Gasteiger partial charge >= 0.3 is 0 Å². The Balaban J connectivity index is 2.58. The van der Waals surface area contributed by atoms with E-state index in [1.807, 2.05) is 6.08 Å². The zero-order valence-electron chi connectivity index (χ0n) is 8.09. The fourth-order valence-corrected chi connectivity index (χ4v) is 1.34. The van der Waals surface area contributed by atoms with Crippen LogP contribution in [0.15, 0.2) is 23.5 Å². The summed E-state index contributed by atoms with van der Waals surface area (Å²) in [5.74, 6) is 0.659. The lowest BCUT2D eigenvalue weighted by molar-refractivity contribution is 0.297. The zero-order chi connectivity index (χ0) is 9.68. The van der Waals surface area contributed by atoms with Gasteiger partial charge in [0.15, 0.2) is 0 Å². The molecule has 1 rings (SSSR count). The van der Waals surface area contributed by atoms with E-state index in [9.17, 15) is 0 Å². The van der Waals surface area contributed by atoms with Gasteiger partial charge in [-0.25, -0.2) is 0 Å². The van der Waals surface area contributed by atoms with Gasteiger partial charge in [-0.1, -0.05) is 19.1 Å². The number of aliphatic hydroxyl groups is 1. The highest BCUT2D eigenvalue weighted by atomic mass is 16.3. The molecule has 1 aliphatic rings. The molecule has 3 nitrogen and oxygen atoms in total. The predicted octanol–water partition coefficient (Wildman–Crippen LogP) is 0.725. The fraction of sp³-hybridized carbons (Fsp3) is 0.600.